The topological polar surface area (TPSA) is 74.7 Å². The van der Waals surface area contributed by atoms with Gasteiger partial charge in [-0.2, -0.15) is 0 Å². The summed E-state index contributed by atoms with van der Waals surface area (Å²) in [7, 11) is 0. The summed E-state index contributed by atoms with van der Waals surface area (Å²) >= 11 is 0. The van der Waals surface area contributed by atoms with Gasteiger partial charge < -0.3 is 5.11 Å². The molecular weight excluding hydrogens is 234 g/mol. The molecule has 2 amide bonds. The molecule has 1 aliphatic rings. The third kappa shape index (κ3) is 1.90. The first-order valence-corrected chi connectivity index (χ1v) is 5.37. The molecule has 0 radical (unpaired) electrons. The minimum atomic E-state index is -1.06. The van der Waals surface area contributed by atoms with Crippen molar-refractivity contribution < 1.29 is 19.5 Å². The zero-order valence-electron chi connectivity index (χ0n) is 9.71. The molecule has 18 heavy (non-hydrogen) atoms. The molecule has 0 unspecified atom stereocenters. The highest BCUT2D eigenvalue weighted by Crippen LogP contribution is 2.22. The fourth-order valence-electron chi connectivity index (χ4n) is 1.72. The molecule has 1 N–H and O–H groups in total. The predicted octanol–water partition coefficient (Wildman–Crippen LogP) is 1.31. The summed E-state index contributed by atoms with van der Waals surface area (Å²) < 4.78 is 0. The highest BCUT2D eigenvalue weighted by molar-refractivity contribution is 6.21. The van der Waals surface area contributed by atoms with Crippen LogP contribution >= 0.6 is 0 Å². The van der Waals surface area contributed by atoms with Gasteiger partial charge in [-0.3, -0.25) is 14.5 Å². The Morgan fingerprint density at radius 3 is 2.17 bits per heavy atom. The molecule has 0 aromatic heterocycles. The summed E-state index contributed by atoms with van der Waals surface area (Å²) in [6.07, 6.45) is 1.35. The number of rotatable bonds is 3. The van der Waals surface area contributed by atoms with Crippen LogP contribution in [-0.2, 0) is 4.79 Å². The van der Waals surface area contributed by atoms with Crippen molar-refractivity contribution >= 4 is 17.8 Å². The Bertz CT molecular complexity index is 539. The number of carboxylic acid groups (broad SMARTS) is 1. The first-order valence-electron chi connectivity index (χ1n) is 5.37. The second kappa shape index (κ2) is 4.44. The minimum Gasteiger partial charge on any atom is -0.478 e. The SMILES string of the molecule is C/C(=C\CN1C(=O)c2ccccc2C1=O)C(=O)O. The van der Waals surface area contributed by atoms with E-state index < -0.39 is 5.97 Å². The van der Waals surface area contributed by atoms with E-state index in [1.807, 2.05) is 0 Å². The Balaban J connectivity index is 2.24. The Labute approximate surface area is 103 Å². The summed E-state index contributed by atoms with van der Waals surface area (Å²) in [5.74, 6) is -1.83. The molecule has 1 aromatic rings. The lowest BCUT2D eigenvalue weighted by atomic mass is 10.1. The minimum absolute atomic E-state index is 0.0233. The molecular formula is C13H11NO4. The fraction of sp³-hybridized carbons (Fsp3) is 0.154. The van der Waals surface area contributed by atoms with Crippen molar-refractivity contribution in [2.75, 3.05) is 6.54 Å². The van der Waals surface area contributed by atoms with Gasteiger partial charge in [0.1, 0.15) is 0 Å². The van der Waals surface area contributed by atoms with Gasteiger partial charge in [-0.1, -0.05) is 18.2 Å². The van der Waals surface area contributed by atoms with Crippen LogP contribution in [-0.4, -0.2) is 34.3 Å². The number of hydrogen-bond acceptors (Lipinski definition) is 3. The summed E-state index contributed by atoms with van der Waals surface area (Å²) in [6.45, 7) is 1.39. The van der Waals surface area contributed by atoms with Gasteiger partial charge in [0.05, 0.1) is 11.1 Å². The lowest BCUT2D eigenvalue weighted by Gasteiger charge is -2.10. The molecule has 5 nitrogen and oxygen atoms in total. The van der Waals surface area contributed by atoms with Gasteiger partial charge in [0.2, 0.25) is 0 Å². The van der Waals surface area contributed by atoms with E-state index in [2.05, 4.69) is 0 Å². The van der Waals surface area contributed by atoms with Crippen molar-refractivity contribution in [1.82, 2.24) is 4.90 Å². The quantitative estimate of drug-likeness (QED) is 0.643. The standard InChI is InChI=1S/C13H11NO4/c1-8(13(17)18)6-7-14-11(15)9-4-2-3-5-10(9)12(14)16/h2-6H,7H2,1H3,(H,17,18)/b8-6+. The number of benzene rings is 1. The molecule has 0 spiro atoms. The number of imide groups is 1. The van der Waals surface area contributed by atoms with E-state index >= 15 is 0 Å². The maximum atomic E-state index is 11.9. The van der Waals surface area contributed by atoms with Crippen LogP contribution in [0, 0.1) is 0 Å². The smallest absolute Gasteiger partial charge is 0.331 e. The molecule has 92 valence electrons. The van der Waals surface area contributed by atoms with Crippen LogP contribution < -0.4 is 0 Å². The third-order valence-corrected chi connectivity index (χ3v) is 2.80. The Hall–Kier alpha value is -2.43. The number of carboxylic acids is 1. The highest BCUT2D eigenvalue weighted by Gasteiger charge is 2.34. The first kappa shape index (κ1) is 12.0. The van der Waals surface area contributed by atoms with Crippen LogP contribution in [0.2, 0.25) is 0 Å². The molecule has 2 rings (SSSR count). The molecule has 1 heterocycles. The number of amides is 2. The van der Waals surface area contributed by atoms with Crippen molar-refractivity contribution in [3.05, 3.63) is 47.0 Å². The van der Waals surface area contributed by atoms with Crippen LogP contribution in [0.5, 0.6) is 0 Å². The van der Waals surface area contributed by atoms with E-state index in [1.165, 1.54) is 13.0 Å². The largest absolute Gasteiger partial charge is 0.478 e. The maximum Gasteiger partial charge on any atom is 0.331 e. The molecule has 0 aliphatic carbocycles. The van der Waals surface area contributed by atoms with Gasteiger partial charge in [0, 0.05) is 12.1 Å². The second-order valence-corrected chi connectivity index (χ2v) is 3.96. The van der Waals surface area contributed by atoms with Gasteiger partial charge in [-0.25, -0.2) is 4.79 Å². The van der Waals surface area contributed by atoms with E-state index in [4.69, 9.17) is 5.11 Å². The normalized spacial score (nSPS) is 14.9. The molecule has 5 heteroatoms. The maximum absolute atomic E-state index is 11.9. The average Bonchev–Trinajstić information content (AvgIpc) is 2.60. The molecule has 1 aliphatic heterocycles. The van der Waals surface area contributed by atoms with E-state index in [9.17, 15) is 14.4 Å². The van der Waals surface area contributed by atoms with Gasteiger partial charge in [0.15, 0.2) is 0 Å². The number of carbonyl (C=O) groups is 3. The highest BCUT2D eigenvalue weighted by atomic mass is 16.4. The van der Waals surface area contributed by atoms with E-state index in [-0.39, 0.29) is 23.9 Å². The lowest BCUT2D eigenvalue weighted by Crippen LogP contribution is -2.30. The van der Waals surface area contributed by atoms with E-state index in [1.54, 1.807) is 24.3 Å². The summed E-state index contributed by atoms with van der Waals surface area (Å²) in [5, 5.41) is 8.70. The molecule has 0 saturated heterocycles. The summed E-state index contributed by atoms with van der Waals surface area (Å²) in [5.41, 5.74) is 0.833. The van der Waals surface area contributed by atoms with Crippen molar-refractivity contribution in [3.8, 4) is 0 Å². The van der Waals surface area contributed by atoms with Crippen LogP contribution in [0.1, 0.15) is 27.6 Å². The number of hydrogen-bond donors (Lipinski definition) is 1. The van der Waals surface area contributed by atoms with Gasteiger partial charge in [-0.05, 0) is 19.1 Å². The Morgan fingerprint density at radius 1 is 1.22 bits per heavy atom. The van der Waals surface area contributed by atoms with Crippen LogP contribution in [0.3, 0.4) is 0 Å². The fourth-order valence-corrected chi connectivity index (χ4v) is 1.72. The first-order chi connectivity index (χ1) is 8.52. The van der Waals surface area contributed by atoms with E-state index in [0.29, 0.717) is 11.1 Å². The Morgan fingerprint density at radius 2 is 1.72 bits per heavy atom. The average molecular weight is 245 g/mol. The zero-order chi connectivity index (χ0) is 13.3. The summed E-state index contributed by atoms with van der Waals surface area (Å²) in [6, 6.07) is 6.55. The monoisotopic (exact) mass is 245 g/mol. The third-order valence-electron chi connectivity index (χ3n) is 2.80. The number of fused-ring (bicyclic) bond motifs is 1. The zero-order valence-corrected chi connectivity index (χ0v) is 9.71. The second-order valence-electron chi connectivity index (χ2n) is 3.96. The summed E-state index contributed by atoms with van der Waals surface area (Å²) in [4.78, 5) is 35.5. The van der Waals surface area contributed by atoms with Crippen LogP contribution in [0.4, 0.5) is 0 Å². The molecule has 0 fully saturated rings. The van der Waals surface area contributed by atoms with E-state index in [0.717, 1.165) is 4.90 Å². The number of nitrogens with zero attached hydrogens (tertiary/aromatic N) is 1. The molecule has 0 atom stereocenters. The number of carbonyl (C=O) groups excluding carboxylic acids is 2. The Kier molecular flexibility index (Phi) is 2.97. The van der Waals surface area contributed by atoms with Gasteiger partial charge >= 0.3 is 5.97 Å². The van der Waals surface area contributed by atoms with Gasteiger partial charge in [0.25, 0.3) is 11.8 Å². The van der Waals surface area contributed by atoms with Crippen molar-refractivity contribution in [2.45, 2.75) is 6.92 Å². The van der Waals surface area contributed by atoms with Crippen molar-refractivity contribution in [1.29, 1.82) is 0 Å². The van der Waals surface area contributed by atoms with Crippen LogP contribution in [0.25, 0.3) is 0 Å². The number of aliphatic carboxylic acids is 1. The molecule has 0 saturated carbocycles. The van der Waals surface area contributed by atoms with Crippen molar-refractivity contribution in [3.63, 3.8) is 0 Å². The molecule has 1 aromatic carbocycles. The van der Waals surface area contributed by atoms with Gasteiger partial charge in [-0.15, -0.1) is 0 Å². The molecule has 0 bridgehead atoms. The predicted molar refractivity (Wildman–Crippen MR) is 63.2 cm³/mol. The van der Waals surface area contributed by atoms with Crippen LogP contribution in [0.15, 0.2) is 35.9 Å². The van der Waals surface area contributed by atoms with Crippen molar-refractivity contribution in [2.24, 2.45) is 0 Å². The lowest BCUT2D eigenvalue weighted by molar-refractivity contribution is -0.132.